The maximum Gasteiger partial charge on any atom is 0.236 e. The van der Waals surface area contributed by atoms with Crippen molar-refractivity contribution in [3.63, 3.8) is 0 Å². The van der Waals surface area contributed by atoms with Crippen molar-refractivity contribution in [3.8, 4) is 0 Å². The maximum atomic E-state index is 11.0. The van der Waals surface area contributed by atoms with Gasteiger partial charge in [0, 0.05) is 6.04 Å². The lowest BCUT2D eigenvalue weighted by Crippen LogP contribution is -2.38. The summed E-state index contributed by atoms with van der Waals surface area (Å²) >= 11 is 0. The zero-order valence-electron chi connectivity index (χ0n) is 8.02. The molecule has 4 nitrogen and oxygen atoms in total. The molecule has 0 aliphatic carbocycles. The highest BCUT2D eigenvalue weighted by Gasteiger charge is 2.03. The minimum atomic E-state index is -0.0298. The standard InChI is InChI=1S/C8H18N2O2/c1-4-7(3)10-8(11)6-9-12-5-2/h7,9H,4-6H2,1-3H3,(H,10,11). The van der Waals surface area contributed by atoms with Crippen molar-refractivity contribution in [1.29, 1.82) is 0 Å². The molecule has 0 aliphatic rings. The van der Waals surface area contributed by atoms with Crippen molar-refractivity contribution >= 4 is 5.91 Å². The third-order valence-corrected chi connectivity index (χ3v) is 1.50. The summed E-state index contributed by atoms with van der Waals surface area (Å²) in [4.78, 5) is 15.8. The highest BCUT2D eigenvalue weighted by atomic mass is 16.6. The van der Waals surface area contributed by atoms with Gasteiger partial charge in [-0.3, -0.25) is 4.79 Å². The summed E-state index contributed by atoms with van der Waals surface area (Å²) in [5.41, 5.74) is 2.55. The fraction of sp³-hybridized carbons (Fsp3) is 0.875. The molecule has 0 spiro atoms. The van der Waals surface area contributed by atoms with Gasteiger partial charge in [-0.1, -0.05) is 6.92 Å². The lowest BCUT2D eigenvalue weighted by Gasteiger charge is -2.11. The first kappa shape index (κ1) is 11.4. The van der Waals surface area contributed by atoms with Gasteiger partial charge >= 0.3 is 0 Å². The van der Waals surface area contributed by atoms with Crippen LogP contribution < -0.4 is 10.8 Å². The molecule has 0 aromatic heterocycles. The van der Waals surface area contributed by atoms with Gasteiger partial charge in [-0.2, -0.15) is 5.48 Å². The van der Waals surface area contributed by atoms with Crippen LogP contribution in [-0.4, -0.2) is 25.1 Å². The fourth-order valence-electron chi connectivity index (χ4n) is 0.647. The molecule has 1 amide bonds. The molecule has 0 fully saturated rings. The Hall–Kier alpha value is -0.610. The van der Waals surface area contributed by atoms with Crippen LogP contribution in [0.1, 0.15) is 27.2 Å². The monoisotopic (exact) mass is 174 g/mol. The van der Waals surface area contributed by atoms with E-state index in [0.29, 0.717) is 6.61 Å². The first-order valence-corrected chi connectivity index (χ1v) is 4.34. The van der Waals surface area contributed by atoms with E-state index in [9.17, 15) is 4.79 Å². The lowest BCUT2D eigenvalue weighted by atomic mass is 10.2. The van der Waals surface area contributed by atoms with E-state index in [0.717, 1.165) is 6.42 Å². The van der Waals surface area contributed by atoms with Crippen LogP contribution in [0.3, 0.4) is 0 Å². The van der Waals surface area contributed by atoms with Crippen molar-refractivity contribution in [3.05, 3.63) is 0 Å². The molecule has 1 atom stereocenters. The van der Waals surface area contributed by atoms with E-state index in [1.54, 1.807) is 0 Å². The Morgan fingerprint density at radius 3 is 2.67 bits per heavy atom. The largest absolute Gasteiger partial charge is 0.352 e. The molecule has 0 rings (SSSR count). The molecule has 72 valence electrons. The molecule has 12 heavy (non-hydrogen) atoms. The molecule has 0 aliphatic heterocycles. The minimum Gasteiger partial charge on any atom is -0.352 e. The Morgan fingerprint density at radius 2 is 2.17 bits per heavy atom. The van der Waals surface area contributed by atoms with E-state index >= 15 is 0 Å². The molecule has 0 aromatic carbocycles. The van der Waals surface area contributed by atoms with Crippen LogP contribution >= 0.6 is 0 Å². The number of hydroxylamine groups is 1. The van der Waals surface area contributed by atoms with Gasteiger partial charge in [0.05, 0.1) is 13.2 Å². The van der Waals surface area contributed by atoms with Crippen LogP contribution in [0, 0.1) is 0 Å². The highest BCUT2D eigenvalue weighted by molar-refractivity contribution is 5.78. The topological polar surface area (TPSA) is 50.4 Å². The Morgan fingerprint density at radius 1 is 1.50 bits per heavy atom. The molecular formula is C8H18N2O2. The highest BCUT2D eigenvalue weighted by Crippen LogP contribution is 1.86. The molecule has 0 aromatic rings. The summed E-state index contributed by atoms with van der Waals surface area (Å²) in [6.45, 7) is 6.65. The van der Waals surface area contributed by atoms with E-state index in [4.69, 9.17) is 4.84 Å². The molecule has 0 heterocycles. The molecule has 0 saturated carbocycles. The molecule has 0 bridgehead atoms. The summed E-state index contributed by atoms with van der Waals surface area (Å²) in [6, 6.07) is 0.237. The Bertz CT molecular complexity index is 128. The first-order valence-electron chi connectivity index (χ1n) is 4.34. The van der Waals surface area contributed by atoms with Gasteiger partial charge < -0.3 is 10.2 Å². The van der Waals surface area contributed by atoms with Crippen LogP contribution in [0.5, 0.6) is 0 Å². The summed E-state index contributed by atoms with van der Waals surface area (Å²) in [6.07, 6.45) is 0.945. The van der Waals surface area contributed by atoms with Gasteiger partial charge in [-0.25, -0.2) is 0 Å². The average Bonchev–Trinajstić information content (AvgIpc) is 2.05. The Balaban J connectivity index is 3.33. The minimum absolute atomic E-state index is 0.0298. The van der Waals surface area contributed by atoms with Gasteiger partial charge in [0.2, 0.25) is 5.91 Å². The number of carbonyl (C=O) groups is 1. The quantitative estimate of drug-likeness (QED) is 0.454. The number of hydrogen-bond acceptors (Lipinski definition) is 3. The van der Waals surface area contributed by atoms with Gasteiger partial charge in [0.25, 0.3) is 0 Å². The molecule has 2 N–H and O–H groups in total. The number of amides is 1. The molecular weight excluding hydrogens is 156 g/mol. The SMILES string of the molecule is CCONCC(=O)NC(C)CC. The second-order valence-electron chi connectivity index (χ2n) is 2.63. The van der Waals surface area contributed by atoms with Crippen LogP contribution in [0.2, 0.25) is 0 Å². The molecule has 0 saturated heterocycles. The fourth-order valence-corrected chi connectivity index (χ4v) is 0.647. The Labute approximate surface area is 73.6 Å². The maximum absolute atomic E-state index is 11.0. The summed E-state index contributed by atoms with van der Waals surface area (Å²) in [5, 5.41) is 2.81. The molecule has 0 radical (unpaired) electrons. The van der Waals surface area contributed by atoms with Gasteiger partial charge in [0.15, 0.2) is 0 Å². The number of carbonyl (C=O) groups excluding carboxylic acids is 1. The molecule has 4 heteroatoms. The summed E-state index contributed by atoms with van der Waals surface area (Å²) in [5.74, 6) is -0.0298. The number of rotatable bonds is 6. The van der Waals surface area contributed by atoms with Crippen molar-refractivity contribution < 1.29 is 9.63 Å². The first-order chi connectivity index (χ1) is 5.70. The van der Waals surface area contributed by atoms with Crippen molar-refractivity contribution in [2.24, 2.45) is 0 Å². The zero-order valence-corrected chi connectivity index (χ0v) is 8.02. The molecule has 1 unspecified atom stereocenters. The van der Waals surface area contributed by atoms with Crippen LogP contribution in [0.25, 0.3) is 0 Å². The second-order valence-corrected chi connectivity index (χ2v) is 2.63. The number of nitrogens with one attached hydrogen (secondary N) is 2. The van der Waals surface area contributed by atoms with Crippen molar-refractivity contribution in [2.75, 3.05) is 13.2 Å². The summed E-state index contributed by atoms with van der Waals surface area (Å²) < 4.78 is 0. The predicted octanol–water partition coefficient (Wildman–Crippen LogP) is 0.442. The second kappa shape index (κ2) is 7.06. The van der Waals surface area contributed by atoms with Crippen molar-refractivity contribution in [2.45, 2.75) is 33.2 Å². The summed E-state index contributed by atoms with van der Waals surface area (Å²) in [7, 11) is 0. The zero-order chi connectivity index (χ0) is 9.40. The average molecular weight is 174 g/mol. The van der Waals surface area contributed by atoms with Crippen LogP contribution in [0.4, 0.5) is 0 Å². The third kappa shape index (κ3) is 6.12. The van der Waals surface area contributed by atoms with E-state index in [-0.39, 0.29) is 18.5 Å². The van der Waals surface area contributed by atoms with Crippen molar-refractivity contribution in [1.82, 2.24) is 10.8 Å². The third-order valence-electron chi connectivity index (χ3n) is 1.50. The van der Waals surface area contributed by atoms with E-state index in [2.05, 4.69) is 10.8 Å². The van der Waals surface area contributed by atoms with Crippen LogP contribution in [-0.2, 0) is 9.63 Å². The van der Waals surface area contributed by atoms with Crippen LogP contribution in [0.15, 0.2) is 0 Å². The Kier molecular flexibility index (Phi) is 6.70. The van der Waals surface area contributed by atoms with Gasteiger partial charge in [0.1, 0.15) is 0 Å². The van der Waals surface area contributed by atoms with E-state index in [1.165, 1.54) is 0 Å². The van der Waals surface area contributed by atoms with Gasteiger partial charge in [-0.15, -0.1) is 0 Å². The van der Waals surface area contributed by atoms with E-state index < -0.39 is 0 Å². The predicted molar refractivity (Wildman–Crippen MR) is 47.5 cm³/mol. The van der Waals surface area contributed by atoms with Gasteiger partial charge in [-0.05, 0) is 20.3 Å². The smallest absolute Gasteiger partial charge is 0.236 e. The lowest BCUT2D eigenvalue weighted by molar-refractivity contribution is -0.123. The van der Waals surface area contributed by atoms with E-state index in [1.807, 2.05) is 20.8 Å². The normalized spacial score (nSPS) is 12.6. The number of hydrogen-bond donors (Lipinski definition) is 2.